The first-order valence-electron chi connectivity index (χ1n) is 6.72. The number of methoxy groups -OCH3 is 2. The van der Waals surface area contributed by atoms with E-state index < -0.39 is 0 Å². The molecule has 0 bridgehead atoms. The molecule has 0 saturated carbocycles. The predicted octanol–water partition coefficient (Wildman–Crippen LogP) is 4.40. The molecular formula is C16H19BrO3. The van der Waals surface area contributed by atoms with E-state index in [0.29, 0.717) is 27.5 Å². The summed E-state index contributed by atoms with van der Waals surface area (Å²) >= 11 is 3.43. The average molecular weight is 339 g/mol. The molecule has 108 valence electrons. The van der Waals surface area contributed by atoms with Crippen LogP contribution in [0, 0.1) is 5.92 Å². The number of rotatable bonds is 4. The Morgan fingerprint density at radius 1 is 1.30 bits per heavy atom. The number of hydrogen-bond acceptors (Lipinski definition) is 3. The second kappa shape index (κ2) is 6.44. The van der Waals surface area contributed by atoms with Crippen molar-refractivity contribution in [3.05, 3.63) is 33.8 Å². The van der Waals surface area contributed by atoms with E-state index in [-0.39, 0.29) is 5.78 Å². The molecule has 0 aromatic heterocycles. The molecule has 2 rings (SSSR count). The van der Waals surface area contributed by atoms with Gasteiger partial charge >= 0.3 is 0 Å². The average Bonchev–Trinajstić information content (AvgIpc) is 2.47. The van der Waals surface area contributed by atoms with Crippen LogP contribution >= 0.6 is 15.9 Å². The van der Waals surface area contributed by atoms with Crippen LogP contribution in [0.4, 0.5) is 0 Å². The number of carbonyl (C=O) groups is 1. The molecule has 0 spiro atoms. The van der Waals surface area contributed by atoms with Crippen molar-refractivity contribution in [3.8, 4) is 11.5 Å². The van der Waals surface area contributed by atoms with E-state index in [9.17, 15) is 4.79 Å². The molecule has 0 amide bonds. The third kappa shape index (κ3) is 2.90. The monoisotopic (exact) mass is 338 g/mol. The molecule has 0 fully saturated rings. The van der Waals surface area contributed by atoms with Gasteiger partial charge in [-0.1, -0.05) is 13.0 Å². The Hall–Kier alpha value is -1.29. The van der Waals surface area contributed by atoms with Gasteiger partial charge in [-0.3, -0.25) is 4.79 Å². The number of hydrogen-bond donors (Lipinski definition) is 0. The van der Waals surface area contributed by atoms with Crippen LogP contribution in [0.3, 0.4) is 0 Å². The highest BCUT2D eigenvalue weighted by Crippen LogP contribution is 2.39. The first kappa shape index (κ1) is 15.1. The molecule has 1 aliphatic carbocycles. The van der Waals surface area contributed by atoms with Gasteiger partial charge in [-0.15, -0.1) is 0 Å². The summed E-state index contributed by atoms with van der Waals surface area (Å²) in [6.45, 7) is 2.21. The van der Waals surface area contributed by atoms with Crippen LogP contribution in [0.2, 0.25) is 0 Å². The summed E-state index contributed by atoms with van der Waals surface area (Å²) in [4.78, 5) is 12.6. The van der Waals surface area contributed by atoms with E-state index in [0.717, 1.165) is 24.8 Å². The third-order valence-electron chi connectivity index (χ3n) is 3.70. The summed E-state index contributed by atoms with van der Waals surface area (Å²) in [6, 6.07) is 3.55. The molecule has 20 heavy (non-hydrogen) atoms. The van der Waals surface area contributed by atoms with Gasteiger partial charge in [0.15, 0.2) is 5.78 Å². The zero-order valence-corrected chi connectivity index (χ0v) is 13.6. The minimum absolute atomic E-state index is 0.0529. The summed E-state index contributed by atoms with van der Waals surface area (Å²) in [5, 5.41) is 0. The van der Waals surface area contributed by atoms with Crippen molar-refractivity contribution in [1.82, 2.24) is 0 Å². The zero-order chi connectivity index (χ0) is 14.7. The fourth-order valence-electron chi connectivity index (χ4n) is 2.42. The number of ether oxygens (including phenoxy) is 2. The molecule has 4 heteroatoms. The van der Waals surface area contributed by atoms with Crippen molar-refractivity contribution in [1.29, 1.82) is 0 Å². The maximum Gasteiger partial charge on any atom is 0.192 e. The normalized spacial score (nSPS) is 18.4. The molecule has 0 saturated heterocycles. The second-order valence-electron chi connectivity index (χ2n) is 5.10. The van der Waals surface area contributed by atoms with Gasteiger partial charge in [-0.05, 0) is 58.8 Å². The van der Waals surface area contributed by atoms with Crippen LogP contribution in [0.15, 0.2) is 28.3 Å². The maximum atomic E-state index is 12.6. The maximum absolute atomic E-state index is 12.6. The van der Waals surface area contributed by atoms with Crippen LogP contribution in [0.5, 0.6) is 11.5 Å². The van der Waals surface area contributed by atoms with Crippen LogP contribution < -0.4 is 9.47 Å². The first-order valence-corrected chi connectivity index (χ1v) is 7.52. The number of allylic oxidation sites excluding steroid dienone is 2. The van der Waals surface area contributed by atoms with Gasteiger partial charge in [0.2, 0.25) is 0 Å². The molecule has 0 heterocycles. The summed E-state index contributed by atoms with van der Waals surface area (Å²) in [6.07, 6.45) is 4.94. The van der Waals surface area contributed by atoms with Crippen LogP contribution in [0.25, 0.3) is 0 Å². The minimum atomic E-state index is 0.0529. The topological polar surface area (TPSA) is 35.5 Å². The summed E-state index contributed by atoms with van der Waals surface area (Å²) < 4.78 is 11.3. The molecule has 3 nitrogen and oxygen atoms in total. The van der Waals surface area contributed by atoms with Crippen molar-refractivity contribution in [2.24, 2.45) is 5.92 Å². The minimum Gasteiger partial charge on any atom is -0.495 e. The van der Waals surface area contributed by atoms with Crippen molar-refractivity contribution in [2.75, 3.05) is 14.2 Å². The third-order valence-corrected chi connectivity index (χ3v) is 4.45. The van der Waals surface area contributed by atoms with Gasteiger partial charge in [0.1, 0.15) is 16.0 Å². The van der Waals surface area contributed by atoms with E-state index in [1.807, 2.05) is 0 Å². The van der Waals surface area contributed by atoms with E-state index in [4.69, 9.17) is 9.47 Å². The lowest BCUT2D eigenvalue weighted by Crippen LogP contribution is -2.11. The molecule has 1 aliphatic rings. The van der Waals surface area contributed by atoms with E-state index in [1.54, 1.807) is 26.4 Å². The molecule has 1 aromatic carbocycles. The Kier molecular flexibility index (Phi) is 4.86. The molecule has 1 atom stereocenters. The fourth-order valence-corrected chi connectivity index (χ4v) is 3.09. The Bertz CT molecular complexity index is 549. The van der Waals surface area contributed by atoms with Crippen molar-refractivity contribution in [3.63, 3.8) is 0 Å². The molecule has 0 radical (unpaired) electrons. The summed E-state index contributed by atoms with van der Waals surface area (Å²) in [5.74, 6) is 1.91. The zero-order valence-electron chi connectivity index (χ0n) is 12.0. The Morgan fingerprint density at radius 3 is 2.60 bits per heavy atom. The van der Waals surface area contributed by atoms with E-state index >= 15 is 0 Å². The molecule has 0 aliphatic heterocycles. The SMILES string of the molecule is COc1ccc(C(=O)C2=CCC(C)CC2)c(OC)c1Br. The lowest BCUT2D eigenvalue weighted by atomic mass is 9.87. The summed E-state index contributed by atoms with van der Waals surface area (Å²) in [7, 11) is 3.15. The standard InChI is InChI=1S/C16H19BrO3/c1-10-4-6-11(7-5-10)15(18)12-8-9-13(19-2)14(17)16(12)20-3/h6,8-10H,4-5,7H2,1-3H3. The van der Waals surface area contributed by atoms with Gasteiger partial charge < -0.3 is 9.47 Å². The van der Waals surface area contributed by atoms with Crippen LogP contribution in [-0.4, -0.2) is 20.0 Å². The number of halogens is 1. The van der Waals surface area contributed by atoms with Gasteiger partial charge in [-0.2, -0.15) is 0 Å². The molecular weight excluding hydrogens is 320 g/mol. The van der Waals surface area contributed by atoms with Gasteiger partial charge in [-0.25, -0.2) is 0 Å². The molecule has 0 N–H and O–H groups in total. The highest BCUT2D eigenvalue weighted by molar-refractivity contribution is 9.10. The number of benzene rings is 1. The van der Waals surface area contributed by atoms with Crippen molar-refractivity contribution < 1.29 is 14.3 Å². The Balaban J connectivity index is 2.37. The van der Waals surface area contributed by atoms with Crippen LogP contribution in [0.1, 0.15) is 36.5 Å². The van der Waals surface area contributed by atoms with Gasteiger partial charge in [0, 0.05) is 0 Å². The molecule has 1 aromatic rings. The van der Waals surface area contributed by atoms with E-state index in [2.05, 4.69) is 28.9 Å². The Labute approximate surface area is 128 Å². The quantitative estimate of drug-likeness (QED) is 0.763. The lowest BCUT2D eigenvalue weighted by molar-refractivity contribution is 0.102. The van der Waals surface area contributed by atoms with Crippen LogP contribution in [-0.2, 0) is 0 Å². The van der Waals surface area contributed by atoms with Gasteiger partial charge in [0.05, 0.1) is 19.8 Å². The Morgan fingerprint density at radius 2 is 2.05 bits per heavy atom. The smallest absolute Gasteiger partial charge is 0.192 e. The largest absolute Gasteiger partial charge is 0.495 e. The molecule has 1 unspecified atom stereocenters. The first-order chi connectivity index (χ1) is 9.58. The highest BCUT2D eigenvalue weighted by atomic mass is 79.9. The highest BCUT2D eigenvalue weighted by Gasteiger charge is 2.23. The second-order valence-corrected chi connectivity index (χ2v) is 5.89. The fraction of sp³-hybridized carbons (Fsp3) is 0.438. The van der Waals surface area contributed by atoms with Crippen molar-refractivity contribution >= 4 is 21.7 Å². The summed E-state index contributed by atoms with van der Waals surface area (Å²) in [5.41, 5.74) is 1.47. The number of carbonyl (C=O) groups excluding carboxylic acids is 1. The number of Topliss-reactive ketones (excluding diaryl/α,β-unsaturated/α-hetero) is 1. The number of ketones is 1. The van der Waals surface area contributed by atoms with Crippen molar-refractivity contribution in [2.45, 2.75) is 26.2 Å². The van der Waals surface area contributed by atoms with E-state index in [1.165, 1.54) is 0 Å². The lowest BCUT2D eigenvalue weighted by Gasteiger charge is -2.19. The van der Waals surface area contributed by atoms with Gasteiger partial charge in [0.25, 0.3) is 0 Å². The predicted molar refractivity (Wildman–Crippen MR) is 82.7 cm³/mol.